The van der Waals surface area contributed by atoms with Crippen molar-refractivity contribution in [2.45, 2.75) is 26.6 Å². The fourth-order valence-corrected chi connectivity index (χ4v) is 3.61. The number of aromatic nitrogens is 1. The highest BCUT2D eigenvalue weighted by atomic mass is 16.6. The van der Waals surface area contributed by atoms with E-state index in [1.54, 1.807) is 25.1 Å². The number of ether oxygens (including phenoxy) is 4. The lowest BCUT2D eigenvalue weighted by molar-refractivity contribution is -0.126. The van der Waals surface area contributed by atoms with E-state index in [0.717, 1.165) is 28.3 Å². The molecule has 1 aliphatic heterocycles. The number of nitrogens with zero attached hydrogens (tertiary/aromatic N) is 2. The number of likely N-dealkylation sites (N-methyl/N-ethyl adjacent to an activating group) is 1. The van der Waals surface area contributed by atoms with Gasteiger partial charge in [-0.15, -0.1) is 0 Å². The maximum atomic E-state index is 12.6. The van der Waals surface area contributed by atoms with Crippen LogP contribution in [0.4, 0.5) is 0 Å². The van der Waals surface area contributed by atoms with Gasteiger partial charge in [0.25, 0.3) is 0 Å². The van der Waals surface area contributed by atoms with Gasteiger partial charge in [0.2, 0.25) is 5.91 Å². The summed E-state index contributed by atoms with van der Waals surface area (Å²) in [6, 6.07) is 13.0. The Labute approximate surface area is 198 Å². The summed E-state index contributed by atoms with van der Waals surface area (Å²) >= 11 is 0. The molecule has 178 valence electrons. The third kappa shape index (κ3) is 5.33. The highest BCUT2D eigenvalue weighted by Crippen LogP contribution is 2.31. The molecule has 0 saturated heterocycles. The number of carbonyl (C=O) groups is 1. The van der Waals surface area contributed by atoms with Crippen molar-refractivity contribution in [1.29, 1.82) is 0 Å². The van der Waals surface area contributed by atoms with Gasteiger partial charge in [-0.2, -0.15) is 0 Å². The van der Waals surface area contributed by atoms with Crippen molar-refractivity contribution in [3.8, 4) is 23.0 Å². The Morgan fingerprint density at radius 2 is 1.97 bits per heavy atom. The summed E-state index contributed by atoms with van der Waals surface area (Å²) in [6.45, 7) is 4.86. The van der Waals surface area contributed by atoms with Crippen LogP contribution in [0.1, 0.15) is 22.6 Å². The van der Waals surface area contributed by atoms with Crippen molar-refractivity contribution in [3.05, 3.63) is 71.1 Å². The molecule has 0 saturated carbocycles. The van der Waals surface area contributed by atoms with Crippen LogP contribution in [0.25, 0.3) is 6.08 Å². The maximum absolute atomic E-state index is 12.6. The van der Waals surface area contributed by atoms with E-state index >= 15 is 0 Å². The third-order valence-corrected chi connectivity index (χ3v) is 5.58. The van der Waals surface area contributed by atoms with Gasteiger partial charge in [0.15, 0.2) is 29.1 Å². The fourth-order valence-electron chi connectivity index (χ4n) is 3.61. The summed E-state index contributed by atoms with van der Waals surface area (Å²) in [4.78, 5) is 14.2. The van der Waals surface area contributed by atoms with E-state index in [1.807, 2.05) is 56.3 Å². The molecule has 3 aromatic rings. The van der Waals surface area contributed by atoms with Gasteiger partial charge in [-0.1, -0.05) is 23.4 Å². The number of aryl methyl sites for hydroxylation is 2. The van der Waals surface area contributed by atoms with Gasteiger partial charge in [-0.05, 0) is 49.8 Å². The lowest BCUT2D eigenvalue weighted by atomic mass is 10.1. The normalized spacial score (nSPS) is 14.8. The van der Waals surface area contributed by atoms with Crippen LogP contribution in [0.2, 0.25) is 0 Å². The number of carbonyl (C=O) groups excluding carboxylic acids is 1. The summed E-state index contributed by atoms with van der Waals surface area (Å²) in [6.07, 6.45) is 3.04. The molecule has 4 rings (SSSR count). The minimum absolute atomic E-state index is 0.139. The number of rotatable bonds is 8. The van der Waals surface area contributed by atoms with Crippen LogP contribution in [0, 0.1) is 13.8 Å². The molecule has 2 aromatic carbocycles. The van der Waals surface area contributed by atoms with E-state index in [2.05, 4.69) is 5.16 Å². The van der Waals surface area contributed by atoms with Crippen molar-refractivity contribution in [1.82, 2.24) is 10.1 Å². The van der Waals surface area contributed by atoms with Gasteiger partial charge in [0.1, 0.15) is 19.0 Å². The summed E-state index contributed by atoms with van der Waals surface area (Å²) < 4.78 is 28.2. The highest BCUT2D eigenvalue weighted by Gasteiger charge is 2.23. The topological polar surface area (TPSA) is 83.3 Å². The second kappa shape index (κ2) is 10.3. The average Bonchev–Trinajstić information content (AvgIpc) is 3.18. The molecule has 0 N–H and O–H groups in total. The first-order chi connectivity index (χ1) is 16.4. The Morgan fingerprint density at radius 3 is 2.71 bits per heavy atom. The summed E-state index contributed by atoms with van der Waals surface area (Å²) in [7, 11) is 3.32. The number of para-hydroxylation sites is 2. The second-order valence-corrected chi connectivity index (χ2v) is 8.05. The monoisotopic (exact) mass is 464 g/mol. The molecule has 1 aliphatic rings. The molecule has 0 radical (unpaired) electrons. The Balaban J connectivity index is 1.34. The van der Waals surface area contributed by atoms with Crippen molar-refractivity contribution in [3.63, 3.8) is 0 Å². The zero-order valence-corrected chi connectivity index (χ0v) is 19.7. The van der Waals surface area contributed by atoms with Crippen LogP contribution >= 0.6 is 0 Å². The first kappa shape index (κ1) is 23.2. The molecule has 0 bridgehead atoms. The van der Waals surface area contributed by atoms with E-state index in [-0.39, 0.29) is 12.0 Å². The SMILES string of the molecule is COc1cc(C=CC(=O)N(C)CC2COc3ccccc3O2)ccc1OCc1c(C)noc1C. The Bertz CT molecular complexity index is 1170. The average molecular weight is 465 g/mol. The van der Waals surface area contributed by atoms with Crippen LogP contribution in [-0.4, -0.2) is 49.4 Å². The summed E-state index contributed by atoms with van der Waals surface area (Å²) in [5.74, 6) is 3.17. The molecule has 34 heavy (non-hydrogen) atoms. The lowest BCUT2D eigenvalue weighted by Gasteiger charge is -2.29. The van der Waals surface area contributed by atoms with Crippen LogP contribution in [-0.2, 0) is 11.4 Å². The number of fused-ring (bicyclic) bond motifs is 1. The van der Waals surface area contributed by atoms with Crippen LogP contribution in [0.15, 0.2) is 53.1 Å². The van der Waals surface area contributed by atoms with E-state index in [1.165, 1.54) is 6.08 Å². The standard InChI is InChI=1S/C26H28N2O6/c1-17-21(18(2)34-27-17)16-32-23-11-9-19(13-25(23)30-4)10-12-26(29)28(3)14-20-15-31-22-7-5-6-8-24(22)33-20/h5-13,20H,14-16H2,1-4H3. The van der Waals surface area contributed by atoms with Gasteiger partial charge in [0, 0.05) is 13.1 Å². The first-order valence-electron chi connectivity index (χ1n) is 11.0. The molecule has 0 aliphatic carbocycles. The fraction of sp³-hybridized carbons (Fsp3) is 0.308. The predicted molar refractivity (Wildman–Crippen MR) is 126 cm³/mol. The molecule has 0 spiro atoms. The smallest absolute Gasteiger partial charge is 0.246 e. The first-order valence-corrected chi connectivity index (χ1v) is 11.0. The van der Waals surface area contributed by atoms with Gasteiger partial charge < -0.3 is 28.4 Å². The molecular weight excluding hydrogens is 436 g/mol. The summed E-state index contributed by atoms with van der Waals surface area (Å²) in [5, 5.41) is 3.94. The molecule has 0 fully saturated rings. The van der Waals surface area contributed by atoms with E-state index < -0.39 is 0 Å². The number of hydrogen-bond donors (Lipinski definition) is 0. The lowest BCUT2D eigenvalue weighted by Crippen LogP contribution is -2.41. The molecule has 1 unspecified atom stereocenters. The zero-order valence-electron chi connectivity index (χ0n) is 19.7. The van der Waals surface area contributed by atoms with Gasteiger partial charge in [-0.3, -0.25) is 4.79 Å². The molecule has 1 aromatic heterocycles. The maximum Gasteiger partial charge on any atom is 0.246 e. The number of methoxy groups -OCH3 is 1. The Kier molecular flexibility index (Phi) is 7.06. The molecule has 2 heterocycles. The minimum atomic E-state index is -0.230. The zero-order chi connectivity index (χ0) is 24.1. The van der Waals surface area contributed by atoms with Crippen LogP contribution in [0.5, 0.6) is 23.0 Å². The molecule has 8 nitrogen and oxygen atoms in total. The predicted octanol–water partition coefficient (Wildman–Crippen LogP) is 4.19. The van der Waals surface area contributed by atoms with E-state index in [9.17, 15) is 4.79 Å². The number of benzene rings is 2. The molecular formula is C26H28N2O6. The molecule has 1 atom stereocenters. The van der Waals surface area contributed by atoms with Crippen molar-refractivity contribution in [2.24, 2.45) is 0 Å². The van der Waals surface area contributed by atoms with Gasteiger partial charge in [-0.25, -0.2) is 0 Å². The summed E-state index contributed by atoms with van der Waals surface area (Å²) in [5.41, 5.74) is 2.53. The van der Waals surface area contributed by atoms with E-state index in [4.69, 9.17) is 23.5 Å². The number of hydrogen-bond acceptors (Lipinski definition) is 7. The molecule has 8 heteroatoms. The second-order valence-electron chi connectivity index (χ2n) is 8.05. The van der Waals surface area contributed by atoms with Crippen LogP contribution in [0.3, 0.4) is 0 Å². The minimum Gasteiger partial charge on any atom is -0.493 e. The Morgan fingerprint density at radius 1 is 1.18 bits per heavy atom. The van der Waals surface area contributed by atoms with Crippen molar-refractivity contribution in [2.75, 3.05) is 27.3 Å². The van der Waals surface area contributed by atoms with E-state index in [0.29, 0.717) is 37.0 Å². The van der Waals surface area contributed by atoms with Gasteiger partial charge >= 0.3 is 0 Å². The highest BCUT2D eigenvalue weighted by molar-refractivity contribution is 5.91. The van der Waals surface area contributed by atoms with Crippen molar-refractivity contribution >= 4 is 12.0 Å². The third-order valence-electron chi connectivity index (χ3n) is 5.58. The largest absolute Gasteiger partial charge is 0.493 e. The quantitative estimate of drug-likeness (QED) is 0.462. The van der Waals surface area contributed by atoms with Crippen molar-refractivity contribution < 1.29 is 28.3 Å². The molecule has 1 amide bonds. The Hall–Kier alpha value is -3.94. The number of amides is 1. The van der Waals surface area contributed by atoms with Gasteiger partial charge in [0.05, 0.1) is 24.9 Å². The van der Waals surface area contributed by atoms with Crippen LogP contribution < -0.4 is 18.9 Å².